The molecule has 2 aromatic carbocycles. The quantitative estimate of drug-likeness (QED) is 0.697. The first-order valence-corrected chi connectivity index (χ1v) is 9.47. The lowest BCUT2D eigenvalue weighted by atomic mass is 10.1. The van der Waals surface area contributed by atoms with Crippen LogP contribution in [0.15, 0.2) is 53.4 Å². The Morgan fingerprint density at radius 3 is 2.48 bits per heavy atom. The molecule has 0 unspecified atom stereocenters. The third-order valence-electron chi connectivity index (χ3n) is 3.79. The number of rotatable bonds is 8. The van der Waals surface area contributed by atoms with Gasteiger partial charge < -0.3 is 10.1 Å². The molecule has 8 heteroatoms. The summed E-state index contributed by atoms with van der Waals surface area (Å²) < 4.78 is 43.5. The first kappa shape index (κ1) is 20.7. The van der Waals surface area contributed by atoms with Gasteiger partial charge in [-0.15, -0.1) is 0 Å². The van der Waals surface area contributed by atoms with Crippen molar-refractivity contribution in [1.29, 1.82) is 0 Å². The number of hydrogen-bond donors (Lipinski definition) is 1. The van der Waals surface area contributed by atoms with Gasteiger partial charge in [0.2, 0.25) is 5.91 Å². The maximum absolute atomic E-state index is 13.7. The second-order valence-corrected chi connectivity index (χ2v) is 7.28. The summed E-state index contributed by atoms with van der Waals surface area (Å²) >= 11 is 0. The molecule has 0 saturated heterocycles. The molecule has 0 aromatic heterocycles. The molecule has 0 aliphatic heterocycles. The predicted octanol–water partition coefficient (Wildman–Crippen LogP) is 2.36. The topological polar surface area (TPSA) is 72.5 Å². The van der Waals surface area contributed by atoms with E-state index >= 15 is 0 Å². The van der Waals surface area contributed by atoms with Crippen molar-refractivity contribution in [2.75, 3.05) is 12.9 Å². The minimum Gasteiger partial charge on any atom is -0.467 e. The van der Waals surface area contributed by atoms with Gasteiger partial charge in [-0.2, -0.15) is 0 Å². The number of ether oxygens (including phenoxy) is 1. The second-order valence-electron chi connectivity index (χ2n) is 5.71. The average Bonchev–Trinajstić information content (AvgIpc) is 2.67. The highest BCUT2D eigenvalue weighted by atomic mass is 32.2. The monoisotopic (exact) mass is 395 g/mol. The Bertz CT molecular complexity index is 830. The lowest BCUT2D eigenvalue weighted by Gasteiger charge is -2.16. The largest absolute Gasteiger partial charge is 0.467 e. The van der Waals surface area contributed by atoms with Gasteiger partial charge in [0.1, 0.15) is 17.7 Å². The van der Waals surface area contributed by atoms with Crippen LogP contribution >= 0.6 is 0 Å². The van der Waals surface area contributed by atoms with E-state index in [-0.39, 0.29) is 24.2 Å². The lowest BCUT2D eigenvalue weighted by Crippen LogP contribution is -2.43. The van der Waals surface area contributed by atoms with Gasteiger partial charge in [0.15, 0.2) is 0 Å². The molecular weight excluding hydrogens is 376 g/mol. The molecule has 0 saturated carbocycles. The van der Waals surface area contributed by atoms with E-state index in [1.165, 1.54) is 13.2 Å². The van der Waals surface area contributed by atoms with Crippen molar-refractivity contribution in [2.45, 2.75) is 23.8 Å². The first-order chi connectivity index (χ1) is 12.9. The van der Waals surface area contributed by atoms with E-state index in [9.17, 15) is 22.6 Å². The maximum atomic E-state index is 13.7. The molecule has 0 spiro atoms. The summed E-state index contributed by atoms with van der Waals surface area (Å²) in [5.74, 6) is -2.76. The zero-order valence-electron chi connectivity index (χ0n) is 14.6. The van der Waals surface area contributed by atoms with Crippen molar-refractivity contribution in [3.05, 3.63) is 65.7 Å². The van der Waals surface area contributed by atoms with Gasteiger partial charge in [-0.25, -0.2) is 13.6 Å². The van der Waals surface area contributed by atoms with E-state index in [1.807, 2.05) is 0 Å². The number of esters is 1. The van der Waals surface area contributed by atoms with Gasteiger partial charge in [-0.05, 0) is 30.2 Å². The highest BCUT2D eigenvalue weighted by molar-refractivity contribution is 7.85. The van der Waals surface area contributed by atoms with Gasteiger partial charge in [0.25, 0.3) is 0 Å². The third-order valence-corrected chi connectivity index (χ3v) is 5.19. The van der Waals surface area contributed by atoms with Crippen LogP contribution < -0.4 is 5.32 Å². The van der Waals surface area contributed by atoms with Gasteiger partial charge in [0, 0.05) is 16.7 Å². The number of carbonyl (C=O) groups is 2. The molecule has 144 valence electrons. The summed E-state index contributed by atoms with van der Waals surface area (Å²) in [5.41, 5.74) is 0.00498. The van der Waals surface area contributed by atoms with Crippen LogP contribution in [0.3, 0.4) is 0 Å². The molecule has 2 aromatic rings. The summed E-state index contributed by atoms with van der Waals surface area (Å²) in [6, 6.07) is 10.6. The smallest absolute Gasteiger partial charge is 0.328 e. The molecule has 0 radical (unpaired) electrons. The van der Waals surface area contributed by atoms with Gasteiger partial charge in [0.05, 0.1) is 24.3 Å². The summed E-state index contributed by atoms with van der Waals surface area (Å²) in [7, 11) is -0.166. The average molecular weight is 395 g/mol. The fourth-order valence-corrected chi connectivity index (χ4v) is 3.54. The van der Waals surface area contributed by atoms with Gasteiger partial charge in [-0.1, -0.05) is 24.3 Å². The standard InChI is InChI=1S/C19H19F2NO4S/c1-26-19(24)17(9-10-27(25)15-5-3-2-4-6-15)22-18(23)11-13-7-8-14(20)12-16(13)21/h2-8,12,17H,9-11H2,1H3,(H,22,23)/t17-,27-/m0/s1. The van der Waals surface area contributed by atoms with Crippen LogP contribution in [0.1, 0.15) is 12.0 Å². The Balaban J connectivity index is 1.98. The molecule has 5 nitrogen and oxygen atoms in total. The summed E-state index contributed by atoms with van der Waals surface area (Å²) in [5, 5.41) is 2.46. The van der Waals surface area contributed by atoms with Crippen molar-refractivity contribution >= 4 is 22.7 Å². The van der Waals surface area contributed by atoms with Crippen LogP contribution in [-0.4, -0.2) is 35.0 Å². The molecule has 2 rings (SSSR count). The van der Waals surface area contributed by atoms with E-state index in [0.29, 0.717) is 11.0 Å². The summed E-state index contributed by atoms with van der Waals surface area (Å²) in [6.07, 6.45) is -0.271. The molecule has 2 atom stereocenters. The van der Waals surface area contributed by atoms with Crippen LogP contribution in [0.5, 0.6) is 0 Å². The van der Waals surface area contributed by atoms with Crippen LogP contribution in [0, 0.1) is 11.6 Å². The number of methoxy groups -OCH3 is 1. The van der Waals surface area contributed by atoms with Gasteiger partial charge >= 0.3 is 5.97 Å². The maximum Gasteiger partial charge on any atom is 0.328 e. The number of nitrogens with one attached hydrogen (secondary N) is 1. The molecule has 0 heterocycles. The van der Waals surface area contributed by atoms with E-state index < -0.39 is 40.4 Å². The van der Waals surface area contributed by atoms with Crippen molar-refractivity contribution in [1.82, 2.24) is 5.32 Å². The Morgan fingerprint density at radius 1 is 1.15 bits per heavy atom. The molecule has 0 aliphatic rings. The zero-order valence-corrected chi connectivity index (χ0v) is 15.4. The Labute approximate surface area is 158 Å². The Morgan fingerprint density at radius 2 is 1.85 bits per heavy atom. The van der Waals surface area contributed by atoms with Crippen LogP contribution in [-0.2, 0) is 31.5 Å². The van der Waals surface area contributed by atoms with Crippen LogP contribution in [0.2, 0.25) is 0 Å². The Kier molecular flexibility index (Phi) is 7.60. The molecular formula is C19H19F2NO4S. The normalized spacial score (nSPS) is 12.9. The minimum absolute atomic E-state index is 0.00498. The molecule has 1 N–H and O–H groups in total. The van der Waals surface area contributed by atoms with E-state index in [1.54, 1.807) is 30.3 Å². The number of benzene rings is 2. The number of carbonyl (C=O) groups excluding carboxylic acids is 2. The highest BCUT2D eigenvalue weighted by Crippen LogP contribution is 2.11. The first-order valence-electron chi connectivity index (χ1n) is 8.15. The van der Waals surface area contributed by atoms with Crippen LogP contribution in [0.4, 0.5) is 8.78 Å². The second kappa shape index (κ2) is 9.91. The fraction of sp³-hybridized carbons (Fsp3) is 0.263. The zero-order chi connectivity index (χ0) is 19.8. The third kappa shape index (κ3) is 6.25. The van der Waals surface area contributed by atoms with Crippen molar-refractivity contribution in [3.8, 4) is 0 Å². The lowest BCUT2D eigenvalue weighted by molar-refractivity contribution is -0.145. The molecule has 1 amide bonds. The fourth-order valence-electron chi connectivity index (χ4n) is 2.39. The SMILES string of the molecule is COC(=O)[C@H](CC[S@](=O)c1ccccc1)NC(=O)Cc1ccc(F)cc1F. The summed E-state index contributed by atoms with van der Waals surface area (Å²) in [6.45, 7) is 0. The van der Waals surface area contributed by atoms with E-state index in [4.69, 9.17) is 0 Å². The van der Waals surface area contributed by atoms with E-state index in [2.05, 4.69) is 10.1 Å². The highest BCUT2D eigenvalue weighted by Gasteiger charge is 2.23. The van der Waals surface area contributed by atoms with Crippen molar-refractivity contribution < 1.29 is 27.3 Å². The van der Waals surface area contributed by atoms with Gasteiger partial charge in [-0.3, -0.25) is 9.00 Å². The molecule has 0 fully saturated rings. The molecule has 0 aliphatic carbocycles. The molecule has 0 bridgehead atoms. The van der Waals surface area contributed by atoms with E-state index in [0.717, 1.165) is 6.07 Å². The van der Waals surface area contributed by atoms with Crippen molar-refractivity contribution in [3.63, 3.8) is 0 Å². The van der Waals surface area contributed by atoms with Crippen LogP contribution in [0.25, 0.3) is 0 Å². The Hall–Kier alpha value is -2.61. The number of hydrogen-bond acceptors (Lipinski definition) is 4. The van der Waals surface area contributed by atoms with Crippen molar-refractivity contribution in [2.24, 2.45) is 0 Å². The summed E-state index contributed by atoms with van der Waals surface area (Å²) in [4.78, 5) is 24.7. The minimum atomic E-state index is -1.34. The molecule has 27 heavy (non-hydrogen) atoms. The predicted molar refractivity (Wildman–Crippen MR) is 96.3 cm³/mol. The number of halogens is 2. The number of amides is 1.